The van der Waals surface area contributed by atoms with Crippen molar-refractivity contribution in [1.82, 2.24) is 5.43 Å². The van der Waals surface area contributed by atoms with Gasteiger partial charge in [0.1, 0.15) is 0 Å². The third-order valence-corrected chi connectivity index (χ3v) is 3.41. The van der Waals surface area contributed by atoms with Crippen molar-refractivity contribution in [1.29, 1.82) is 0 Å². The molecule has 1 aliphatic carbocycles. The van der Waals surface area contributed by atoms with Gasteiger partial charge in [0, 0.05) is 11.4 Å². The summed E-state index contributed by atoms with van der Waals surface area (Å²) >= 11 is 5.21. The van der Waals surface area contributed by atoms with Crippen molar-refractivity contribution >= 4 is 28.7 Å². The first-order valence-electron chi connectivity index (χ1n) is 6.44. The molecule has 4 heteroatoms. The molecular formula is C14H19N3S. The third kappa shape index (κ3) is 3.81. The number of anilines is 1. The van der Waals surface area contributed by atoms with E-state index in [0.29, 0.717) is 11.0 Å². The highest BCUT2D eigenvalue weighted by Crippen LogP contribution is 2.20. The van der Waals surface area contributed by atoms with Gasteiger partial charge in [0.25, 0.3) is 0 Å². The largest absolute Gasteiger partial charge is 0.331 e. The van der Waals surface area contributed by atoms with Crippen molar-refractivity contribution in [2.24, 2.45) is 11.0 Å². The van der Waals surface area contributed by atoms with Crippen molar-refractivity contribution < 1.29 is 0 Å². The van der Waals surface area contributed by atoms with E-state index in [1.165, 1.54) is 25.0 Å². The van der Waals surface area contributed by atoms with E-state index in [1.54, 1.807) is 0 Å². The highest BCUT2D eigenvalue weighted by Gasteiger charge is 2.15. The molecule has 2 N–H and O–H groups in total. The monoisotopic (exact) mass is 261 g/mol. The van der Waals surface area contributed by atoms with E-state index in [2.05, 4.69) is 22.8 Å². The Kier molecular flexibility index (Phi) is 4.70. The van der Waals surface area contributed by atoms with E-state index in [0.717, 1.165) is 12.1 Å². The number of thiocarbonyl (C=S) groups is 1. The van der Waals surface area contributed by atoms with Gasteiger partial charge in [-0.15, -0.1) is 0 Å². The molecule has 0 heterocycles. The number of para-hydroxylation sites is 1. The van der Waals surface area contributed by atoms with E-state index >= 15 is 0 Å². The van der Waals surface area contributed by atoms with E-state index < -0.39 is 0 Å². The fraction of sp³-hybridized carbons (Fsp3) is 0.429. The molecule has 0 spiro atoms. The van der Waals surface area contributed by atoms with Crippen LogP contribution in [0.15, 0.2) is 35.4 Å². The fourth-order valence-corrected chi connectivity index (χ4v) is 2.30. The lowest BCUT2D eigenvalue weighted by atomic mass is 9.89. The normalized spacial score (nSPS) is 21.6. The predicted molar refractivity (Wildman–Crippen MR) is 80.9 cm³/mol. The molecule has 3 nitrogen and oxygen atoms in total. The highest BCUT2D eigenvalue weighted by molar-refractivity contribution is 7.80. The molecule has 0 aromatic heterocycles. The minimum Gasteiger partial charge on any atom is -0.331 e. The Bertz CT molecular complexity index is 428. The van der Waals surface area contributed by atoms with Crippen molar-refractivity contribution in [3.05, 3.63) is 30.3 Å². The first-order valence-corrected chi connectivity index (χ1v) is 6.85. The van der Waals surface area contributed by atoms with Gasteiger partial charge in [-0.05, 0) is 49.5 Å². The summed E-state index contributed by atoms with van der Waals surface area (Å²) in [5, 5.41) is 8.08. The smallest absolute Gasteiger partial charge is 0.191 e. The first-order chi connectivity index (χ1) is 8.75. The van der Waals surface area contributed by atoms with Gasteiger partial charge < -0.3 is 5.32 Å². The van der Waals surface area contributed by atoms with Gasteiger partial charge in [0.15, 0.2) is 5.11 Å². The van der Waals surface area contributed by atoms with E-state index in [-0.39, 0.29) is 0 Å². The molecule has 96 valence electrons. The maximum Gasteiger partial charge on any atom is 0.191 e. The fourth-order valence-electron chi connectivity index (χ4n) is 2.14. The van der Waals surface area contributed by atoms with Crippen molar-refractivity contribution in [3.8, 4) is 0 Å². The van der Waals surface area contributed by atoms with Crippen LogP contribution in [0.5, 0.6) is 0 Å². The molecule has 1 aliphatic rings. The molecule has 0 radical (unpaired) electrons. The van der Waals surface area contributed by atoms with Crippen LogP contribution in [0.4, 0.5) is 5.69 Å². The summed E-state index contributed by atoms with van der Waals surface area (Å²) in [6.45, 7) is 2.23. The molecule has 0 amide bonds. The van der Waals surface area contributed by atoms with E-state index in [4.69, 9.17) is 12.2 Å². The summed E-state index contributed by atoms with van der Waals surface area (Å²) in [4.78, 5) is 0. The Labute approximate surface area is 114 Å². The Morgan fingerprint density at radius 1 is 1.28 bits per heavy atom. The number of hydrazone groups is 1. The highest BCUT2D eigenvalue weighted by atomic mass is 32.1. The summed E-state index contributed by atoms with van der Waals surface area (Å²) in [5.74, 6) is 0.575. The zero-order valence-corrected chi connectivity index (χ0v) is 11.5. The van der Waals surface area contributed by atoms with Gasteiger partial charge in [0.05, 0.1) is 0 Å². The zero-order valence-electron chi connectivity index (χ0n) is 10.6. The number of benzene rings is 1. The van der Waals surface area contributed by atoms with Crippen LogP contribution in [0.2, 0.25) is 0 Å². The minimum absolute atomic E-state index is 0.548. The number of rotatable bonds is 2. The van der Waals surface area contributed by atoms with Crippen LogP contribution in [0.3, 0.4) is 0 Å². The number of hydrogen-bond acceptors (Lipinski definition) is 2. The minimum atomic E-state index is 0.548. The zero-order chi connectivity index (χ0) is 12.8. The van der Waals surface area contributed by atoms with Gasteiger partial charge in [-0.2, -0.15) is 5.10 Å². The molecule has 1 aromatic rings. The average Bonchev–Trinajstić information content (AvgIpc) is 2.39. The predicted octanol–water partition coefficient (Wildman–Crippen LogP) is 3.54. The standard InChI is InChI=1S/C14H19N3S/c1-11-7-5-6-10-13(11)16-17-14(18)15-12-8-3-2-4-9-12/h2-4,8-9,11H,5-7,10H2,1H3,(H2,15,17,18)/b16-13+. The lowest BCUT2D eigenvalue weighted by molar-refractivity contribution is 0.555. The topological polar surface area (TPSA) is 36.4 Å². The Morgan fingerprint density at radius 2 is 2.06 bits per heavy atom. The quantitative estimate of drug-likeness (QED) is 0.631. The second-order valence-corrected chi connectivity index (χ2v) is 5.09. The van der Waals surface area contributed by atoms with Crippen LogP contribution in [0.25, 0.3) is 0 Å². The van der Waals surface area contributed by atoms with Crippen LogP contribution >= 0.6 is 12.2 Å². The molecule has 1 fully saturated rings. The van der Waals surface area contributed by atoms with E-state index in [9.17, 15) is 0 Å². The van der Waals surface area contributed by atoms with Gasteiger partial charge in [-0.25, -0.2) is 0 Å². The summed E-state index contributed by atoms with van der Waals surface area (Å²) in [6, 6.07) is 9.88. The van der Waals surface area contributed by atoms with Crippen molar-refractivity contribution in [3.63, 3.8) is 0 Å². The van der Waals surface area contributed by atoms with Crippen LogP contribution in [0, 0.1) is 5.92 Å². The second kappa shape index (κ2) is 6.50. The maximum absolute atomic E-state index is 5.21. The van der Waals surface area contributed by atoms with Crippen LogP contribution < -0.4 is 10.7 Å². The summed E-state index contributed by atoms with van der Waals surface area (Å²) < 4.78 is 0. The average molecular weight is 261 g/mol. The molecule has 1 unspecified atom stereocenters. The number of nitrogens with zero attached hydrogens (tertiary/aromatic N) is 1. The maximum atomic E-state index is 5.21. The molecule has 0 saturated heterocycles. The van der Waals surface area contributed by atoms with E-state index in [1.807, 2.05) is 30.3 Å². The molecule has 18 heavy (non-hydrogen) atoms. The third-order valence-electron chi connectivity index (χ3n) is 3.22. The number of nitrogens with one attached hydrogen (secondary N) is 2. The Balaban J connectivity index is 1.86. The van der Waals surface area contributed by atoms with Gasteiger partial charge >= 0.3 is 0 Å². The lowest BCUT2D eigenvalue weighted by Crippen LogP contribution is -2.27. The molecular weight excluding hydrogens is 242 g/mol. The lowest BCUT2D eigenvalue weighted by Gasteiger charge is -2.20. The molecule has 1 atom stereocenters. The molecule has 0 bridgehead atoms. The summed E-state index contributed by atoms with van der Waals surface area (Å²) in [6.07, 6.45) is 4.87. The second-order valence-electron chi connectivity index (χ2n) is 4.68. The molecule has 2 rings (SSSR count). The Morgan fingerprint density at radius 3 is 2.78 bits per heavy atom. The van der Waals surface area contributed by atoms with Gasteiger partial charge in [0.2, 0.25) is 0 Å². The SMILES string of the molecule is CC1CCCC/C1=N\NC(=S)Nc1ccccc1. The van der Waals surface area contributed by atoms with Crippen molar-refractivity contribution in [2.45, 2.75) is 32.6 Å². The molecule has 0 aliphatic heterocycles. The van der Waals surface area contributed by atoms with Crippen molar-refractivity contribution in [2.75, 3.05) is 5.32 Å². The van der Waals surface area contributed by atoms with Crippen LogP contribution in [0.1, 0.15) is 32.6 Å². The van der Waals surface area contributed by atoms with Crippen LogP contribution in [-0.4, -0.2) is 10.8 Å². The first kappa shape index (κ1) is 13.0. The molecule has 1 aromatic carbocycles. The summed E-state index contributed by atoms with van der Waals surface area (Å²) in [7, 11) is 0. The Hall–Kier alpha value is -1.42. The number of hydrogen-bond donors (Lipinski definition) is 2. The van der Waals surface area contributed by atoms with Gasteiger partial charge in [-0.1, -0.05) is 31.5 Å². The van der Waals surface area contributed by atoms with Crippen LogP contribution in [-0.2, 0) is 0 Å². The summed E-state index contributed by atoms with van der Waals surface area (Å²) in [5.41, 5.74) is 5.15. The molecule has 1 saturated carbocycles. The van der Waals surface area contributed by atoms with Gasteiger partial charge in [-0.3, -0.25) is 5.43 Å².